The van der Waals surface area contributed by atoms with Gasteiger partial charge in [-0.3, -0.25) is 0 Å². The third-order valence-electron chi connectivity index (χ3n) is 2.70. The van der Waals surface area contributed by atoms with E-state index in [-0.39, 0.29) is 6.61 Å². The number of nitrogens with one attached hydrogen (secondary N) is 1. The number of nitrogens with zero attached hydrogens (tertiary/aromatic N) is 1. The van der Waals surface area contributed by atoms with Crippen LogP contribution in [0.4, 0.5) is 0 Å². The monoisotopic (exact) mass is 330 g/mol. The molecule has 0 saturated heterocycles. The molecule has 0 aliphatic heterocycles. The molecule has 1 atom stereocenters. The fourth-order valence-electron chi connectivity index (χ4n) is 1.69. The molecule has 2 rings (SSSR count). The Bertz CT molecular complexity index is 589. The van der Waals surface area contributed by atoms with Crippen molar-refractivity contribution in [3.05, 3.63) is 45.8 Å². The number of benzene rings is 1. The van der Waals surface area contributed by atoms with E-state index in [0.29, 0.717) is 28.9 Å². The molecule has 114 valence electrons. The van der Waals surface area contributed by atoms with Crippen molar-refractivity contribution in [3.8, 4) is 5.75 Å². The molecule has 1 aromatic heterocycles. The number of halogens is 2. The summed E-state index contributed by atoms with van der Waals surface area (Å²) < 4.78 is 10.4. The zero-order chi connectivity index (χ0) is 15.2. The fraction of sp³-hybridized carbons (Fsp3) is 0.357. The summed E-state index contributed by atoms with van der Waals surface area (Å²) in [6.45, 7) is 2.90. The van der Waals surface area contributed by atoms with Crippen molar-refractivity contribution in [2.24, 2.45) is 0 Å². The summed E-state index contributed by atoms with van der Waals surface area (Å²) >= 11 is 11.7. The molecule has 1 aromatic carbocycles. The Morgan fingerprint density at radius 2 is 2.14 bits per heavy atom. The molecule has 0 aliphatic carbocycles. The quantitative estimate of drug-likeness (QED) is 0.817. The first-order valence-corrected chi connectivity index (χ1v) is 7.19. The minimum Gasteiger partial charge on any atom is -0.491 e. The number of aromatic nitrogens is 1. The summed E-state index contributed by atoms with van der Waals surface area (Å²) in [4.78, 5) is 0. The van der Waals surface area contributed by atoms with Crippen molar-refractivity contribution >= 4 is 23.2 Å². The van der Waals surface area contributed by atoms with Gasteiger partial charge < -0.3 is 19.7 Å². The van der Waals surface area contributed by atoms with E-state index in [0.717, 1.165) is 11.5 Å². The van der Waals surface area contributed by atoms with E-state index in [1.807, 2.05) is 13.0 Å². The van der Waals surface area contributed by atoms with Crippen molar-refractivity contribution < 1.29 is 14.4 Å². The Labute approximate surface area is 132 Å². The highest BCUT2D eigenvalue weighted by Crippen LogP contribution is 2.26. The lowest BCUT2D eigenvalue weighted by Crippen LogP contribution is -2.31. The smallest absolute Gasteiger partial charge is 0.133 e. The molecule has 7 heteroatoms. The number of rotatable bonds is 7. The van der Waals surface area contributed by atoms with Crippen LogP contribution in [0.2, 0.25) is 10.0 Å². The summed E-state index contributed by atoms with van der Waals surface area (Å²) in [6, 6.07) is 6.80. The molecule has 0 spiro atoms. The van der Waals surface area contributed by atoms with Gasteiger partial charge in [0.2, 0.25) is 0 Å². The van der Waals surface area contributed by atoms with Crippen LogP contribution in [-0.4, -0.2) is 29.5 Å². The molecule has 1 heterocycles. The number of hydrogen-bond acceptors (Lipinski definition) is 5. The second kappa shape index (κ2) is 7.66. The Morgan fingerprint density at radius 3 is 2.81 bits per heavy atom. The lowest BCUT2D eigenvalue weighted by atomic mass is 10.3. The minimum absolute atomic E-state index is 0.156. The van der Waals surface area contributed by atoms with Crippen molar-refractivity contribution in [3.63, 3.8) is 0 Å². The largest absolute Gasteiger partial charge is 0.491 e. The van der Waals surface area contributed by atoms with Crippen LogP contribution in [0, 0.1) is 6.92 Å². The van der Waals surface area contributed by atoms with Gasteiger partial charge in [-0.05, 0) is 19.1 Å². The van der Waals surface area contributed by atoms with Crippen LogP contribution < -0.4 is 10.1 Å². The van der Waals surface area contributed by atoms with E-state index in [4.69, 9.17) is 32.5 Å². The first kappa shape index (κ1) is 16.1. The molecule has 0 fully saturated rings. The van der Waals surface area contributed by atoms with Gasteiger partial charge in [0.15, 0.2) is 0 Å². The van der Waals surface area contributed by atoms with Gasteiger partial charge in [0.25, 0.3) is 0 Å². The maximum absolute atomic E-state index is 9.83. The molecule has 2 N–H and O–H groups in total. The Morgan fingerprint density at radius 1 is 1.33 bits per heavy atom. The van der Waals surface area contributed by atoms with Crippen molar-refractivity contribution in [2.45, 2.75) is 19.6 Å². The van der Waals surface area contributed by atoms with Gasteiger partial charge in [-0.2, -0.15) is 0 Å². The van der Waals surface area contributed by atoms with Crippen LogP contribution in [0.3, 0.4) is 0 Å². The maximum Gasteiger partial charge on any atom is 0.133 e. The van der Waals surface area contributed by atoms with Crippen LogP contribution in [0.25, 0.3) is 0 Å². The molecule has 21 heavy (non-hydrogen) atoms. The van der Waals surface area contributed by atoms with Crippen molar-refractivity contribution in [2.75, 3.05) is 13.2 Å². The predicted octanol–water partition coefficient (Wildman–Crippen LogP) is 2.82. The summed E-state index contributed by atoms with van der Waals surface area (Å²) in [7, 11) is 0. The highest BCUT2D eigenvalue weighted by molar-refractivity contribution is 6.42. The summed E-state index contributed by atoms with van der Waals surface area (Å²) in [5.41, 5.74) is 0.796. The zero-order valence-electron chi connectivity index (χ0n) is 11.5. The van der Waals surface area contributed by atoms with Gasteiger partial charge >= 0.3 is 0 Å². The number of hydrogen-bond donors (Lipinski definition) is 2. The second-order valence-electron chi connectivity index (χ2n) is 4.60. The Kier molecular flexibility index (Phi) is 5.87. The average molecular weight is 331 g/mol. The van der Waals surface area contributed by atoms with Crippen LogP contribution >= 0.6 is 23.2 Å². The predicted molar refractivity (Wildman–Crippen MR) is 80.9 cm³/mol. The molecule has 0 aliphatic rings. The minimum atomic E-state index is -0.646. The molecule has 5 nitrogen and oxygen atoms in total. The summed E-state index contributed by atoms with van der Waals surface area (Å²) in [5.74, 6) is 1.32. The normalized spacial score (nSPS) is 12.4. The number of ether oxygens (including phenoxy) is 1. The molecule has 2 aromatic rings. The van der Waals surface area contributed by atoms with E-state index in [1.165, 1.54) is 0 Å². The third kappa shape index (κ3) is 5.21. The standard InChI is InChI=1S/C14H16Cl2N2O3/c1-9-4-10(18-21-9)6-17-7-11(19)8-20-12-2-3-13(15)14(16)5-12/h2-5,11,17,19H,6-8H2,1H3. The van der Waals surface area contributed by atoms with E-state index >= 15 is 0 Å². The molecule has 0 bridgehead atoms. The molecular formula is C14H16Cl2N2O3. The van der Waals surface area contributed by atoms with Crippen LogP contribution in [0.15, 0.2) is 28.8 Å². The second-order valence-corrected chi connectivity index (χ2v) is 5.41. The first-order valence-electron chi connectivity index (χ1n) is 6.43. The SMILES string of the molecule is Cc1cc(CNCC(O)COc2ccc(Cl)c(Cl)c2)no1. The number of aliphatic hydroxyl groups excluding tert-OH is 1. The van der Waals surface area contributed by atoms with E-state index in [1.54, 1.807) is 18.2 Å². The van der Waals surface area contributed by atoms with Crippen LogP contribution in [0.5, 0.6) is 5.75 Å². The van der Waals surface area contributed by atoms with Gasteiger partial charge in [-0.15, -0.1) is 0 Å². The third-order valence-corrected chi connectivity index (χ3v) is 3.44. The Hall–Kier alpha value is -1.27. The molecule has 0 radical (unpaired) electrons. The van der Waals surface area contributed by atoms with Gasteiger partial charge in [0.05, 0.1) is 15.7 Å². The van der Waals surface area contributed by atoms with Crippen molar-refractivity contribution in [1.82, 2.24) is 10.5 Å². The molecule has 1 unspecified atom stereocenters. The van der Waals surface area contributed by atoms with Gasteiger partial charge in [-0.1, -0.05) is 28.4 Å². The van der Waals surface area contributed by atoms with E-state index in [9.17, 15) is 5.11 Å². The zero-order valence-corrected chi connectivity index (χ0v) is 13.0. The summed E-state index contributed by atoms with van der Waals surface area (Å²) in [6.07, 6.45) is -0.646. The number of aliphatic hydroxyl groups is 1. The lowest BCUT2D eigenvalue weighted by molar-refractivity contribution is 0.106. The number of aryl methyl sites for hydroxylation is 1. The van der Waals surface area contributed by atoms with Crippen molar-refractivity contribution in [1.29, 1.82) is 0 Å². The first-order chi connectivity index (χ1) is 10.0. The molecular weight excluding hydrogens is 315 g/mol. The maximum atomic E-state index is 9.83. The van der Waals surface area contributed by atoms with E-state index < -0.39 is 6.10 Å². The molecule has 0 amide bonds. The van der Waals surface area contributed by atoms with Crippen LogP contribution in [0.1, 0.15) is 11.5 Å². The molecule has 0 saturated carbocycles. The topological polar surface area (TPSA) is 67.5 Å². The Balaban J connectivity index is 1.69. The highest BCUT2D eigenvalue weighted by Gasteiger charge is 2.07. The average Bonchev–Trinajstić information content (AvgIpc) is 2.86. The van der Waals surface area contributed by atoms with E-state index in [2.05, 4.69) is 10.5 Å². The van der Waals surface area contributed by atoms with Gasteiger partial charge in [0.1, 0.15) is 24.2 Å². The fourth-order valence-corrected chi connectivity index (χ4v) is 1.97. The highest BCUT2D eigenvalue weighted by atomic mass is 35.5. The van der Waals surface area contributed by atoms with Crippen LogP contribution in [-0.2, 0) is 6.54 Å². The lowest BCUT2D eigenvalue weighted by Gasteiger charge is -2.13. The summed E-state index contributed by atoms with van der Waals surface area (Å²) in [5, 5.41) is 17.6. The van der Waals surface area contributed by atoms with Gasteiger partial charge in [0, 0.05) is 25.2 Å². The van der Waals surface area contributed by atoms with Gasteiger partial charge in [-0.25, -0.2) is 0 Å².